The Morgan fingerprint density at radius 2 is 2.21 bits per heavy atom. The maximum atomic E-state index is 5.32. The SMILES string of the molecule is c1cc2occc2c(-c2ccsc2)n1. The molecule has 3 rings (SSSR count). The van der Waals surface area contributed by atoms with E-state index in [2.05, 4.69) is 21.8 Å². The summed E-state index contributed by atoms with van der Waals surface area (Å²) in [7, 11) is 0. The second-order valence-corrected chi connectivity index (χ2v) is 3.78. The lowest BCUT2D eigenvalue weighted by atomic mass is 10.1. The molecule has 0 N–H and O–H groups in total. The number of aromatic nitrogens is 1. The predicted molar refractivity (Wildman–Crippen MR) is 57.3 cm³/mol. The van der Waals surface area contributed by atoms with Gasteiger partial charge in [0.2, 0.25) is 0 Å². The molecule has 68 valence electrons. The minimum Gasteiger partial charge on any atom is -0.464 e. The molecule has 3 aromatic rings. The van der Waals surface area contributed by atoms with Gasteiger partial charge in [-0.3, -0.25) is 4.98 Å². The van der Waals surface area contributed by atoms with Crippen LogP contribution in [0, 0.1) is 0 Å². The van der Waals surface area contributed by atoms with Gasteiger partial charge in [0.15, 0.2) is 0 Å². The maximum absolute atomic E-state index is 5.32. The molecule has 0 atom stereocenters. The quantitative estimate of drug-likeness (QED) is 0.601. The van der Waals surface area contributed by atoms with Crippen LogP contribution in [0.25, 0.3) is 22.2 Å². The van der Waals surface area contributed by atoms with E-state index in [0.717, 1.165) is 22.2 Å². The van der Waals surface area contributed by atoms with Gasteiger partial charge in [-0.15, -0.1) is 0 Å². The summed E-state index contributed by atoms with van der Waals surface area (Å²) in [5.74, 6) is 0. The maximum Gasteiger partial charge on any atom is 0.137 e. The number of rotatable bonds is 1. The van der Waals surface area contributed by atoms with Crippen molar-refractivity contribution in [2.24, 2.45) is 0 Å². The van der Waals surface area contributed by atoms with Gasteiger partial charge in [-0.1, -0.05) is 0 Å². The lowest BCUT2D eigenvalue weighted by Gasteiger charge is -1.97. The molecule has 0 saturated carbocycles. The highest BCUT2D eigenvalue weighted by Gasteiger charge is 2.06. The van der Waals surface area contributed by atoms with Crippen LogP contribution in [0.5, 0.6) is 0 Å². The van der Waals surface area contributed by atoms with E-state index in [4.69, 9.17) is 4.42 Å². The second kappa shape index (κ2) is 2.96. The van der Waals surface area contributed by atoms with Crippen molar-refractivity contribution >= 4 is 22.3 Å². The third kappa shape index (κ3) is 1.06. The number of thiophene rings is 1. The van der Waals surface area contributed by atoms with Gasteiger partial charge < -0.3 is 4.42 Å². The molecule has 0 aliphatic rings. The van der Waals surface area contributed by atoms with Crippen LogP contribution >= 0.6 is 11.3 Å². The summed E-state index contributed by atoms with van der Waals surface area (Å²) in [6.45, 7) is 0. The van der Waals surface area contributed by atoms with E-state index in [0.29, 0.717) is 0 Å². The van der Waals surface area contributed by atoms with Gasteiger partial charge in [-0.05, 0) is 23.6 Å². The molecule has 0 aromatic carbocycles. The Bertz CT molecular complexity index is 553. The monoisotopic (exact) mass is 201 g/mol. The van der Waals surface area contributed by atoms with Crippen LogP contribution in [0.3, 0.4) is 0 Å². The molecule has 0 radical (unpaired) electrons. The molecule has 2 nitrogen and oxygen atoms in total. The lowest BCUT2D eigenvalue weighted by molar-refractivity contribution is 0.615. The van der Waals surface area contributed by atoms with E-state index in [1.165, 1.54) is 0 Å². The summed E-state index contributed by atoms with van der Waals surface area (Å²) in [5, 5.41) is 5.22. The molecule has 0 unspecified atom stereocenters. The van der Waals surface area contributed by atoms with E-state index in [9.17, 15) is 0 Å². The van der Waals surface area contributed by atoms with Crippen molar-refractivity contribution in [2.45, 2.75) is 0 Å². The Kier molecular flexibility index (Phi) is 1.64. The van der Waals surface area contributed by atoms with Crippen LogP contribution in [0.1, 0.15) is 0 Å². The van der Waals surface area contributed by atoms with Gasteiger partial charge in [0.05, 0.1) is 12.0 Å². The number of pyridine rings is 1. The highest BCUT2D eigenvalue weighted by atomic mass is 32.1. The Morgan fingerprint density at radius 3 is 3.07 bits per heavy atom. The number of fused-ring (bicyclic) bond motifs is 1. The molecule has 0 saturated heterocycles. The Morgan fingerprint density at radius 1 is 1.21 bits per heavy atom. The molecular formula is C11H7NOS. The van der Waals surface area contributed by atoms with Crippen LogP contribution in [-0.2, 0) is 0 Å². The zero-order valence-corrected chi connectivity index (χ0v) is 8.12. The number of hydrogen-bond donors (Lipinski definition) is 0. The van der Waals surface area contributed by atoms with Crippen molar-refractivity contribution in [3.63, 3.8) is 0 Å². The molecule has 0 spiro atoms. The first-order valence-corrected chi connectivity index (χ1v) is 5.24. The normalized spacial score (nSPS) is 10.9. The molecule has 3 heteroatoms. The number of furan rings is 1. The van der Waals surface area contributed by atoms with E-state index in [1.807, 2.05) is 12.1 Å². The summed E-state index contributed by atoms with van der Waals surface area (Å²) in [4.78, 5) is 4.37. The van der Waals surface area contributed by atoms with Crippen LogP contribution < -0.4 is 0 Å². The Hall–Kier alpha value is -1.61. The molecule has 0 amide bonds. The van der Waals surface area contributed by atoms with Gasteiger partial charge >= 0.3 is 0 Å². The summed E-state index contributed by atoms with van der Waals surface area (Å²) < 4.78 is 5.32. The fourth-order valence-corrected chi connectivity index (χ4v) is 2.16. The van der Waals surface area contributed by atoms with Gasteiger partial charge in [-0.25, -0.2) is 0 Å². The molecule has 14 heavy (non-hydrogen) atoms. The van der Waals surface area contributed by atoms with Gasteiger partial charge in [0.25, 0.3) is 0 Å². The molecule has 3 heterocycles. The van der Waals surface area contributed by atoms with Crippen LogP contribution in [0.15, 0.2) is 45.8 Å². The van der Waals surface area contributed by atoms with Crippen molar-refractivity contribution < 1.29 is 4.42 Å². The van der Waals surface area contributed by atoms with Crippen molar-refractivity contribution in [3.8, 4) is 11.3 Å². The Balaban J connectivity index is 2.36. The predicted octanol–water partition coefficient (Wildman–Crippen LogP) is 3.56. The Labute approximate surface area is 84.8 Å². The van der Waals surface area contributed by atoms with Gasteiger partial charge in [-0.2, -0.15) is 11.3 Å². The van der Waals surface area contributed by atoms with Crippen LogP contribution in [0.4, 0.5) is 0 Å². The average Bonchev–Trinajstić information content (AvgIpc) is 2.88. The molecule has 0 fully saturated rings. The molecule has 0 aliphatic carbocycles. The largest absolute Gasteiger partial charge is 0.464 e. The van der Waals surface area contributed by atoms with Gasteiger partial charge in [0, 0.05) is 22.5 Å². The summed E-state index contributed by atoms with van der Waals surface area (Å²) in [6.07, 6.45) is 3.47. The first kappa shape index (κ1) is 7.76. The third-order valence-electron chi connectivity index (χ3n) is 2.17. The average molecular weight is 201 g/mol. The molecule has 0 aliphatic heterocycles. The van der Waals surface area contributed by atoms with Gasteiger partial charge in [0.1, 0.15) is 5.58 Å². The highest BCUT2D eigenvalue weighted by Crippen LogP contribution is 2.28. The zero-order chi connectivity index (χ0) is 9.38. The van der Waals surface area contributed by atoms with E-state index in [-0.39, 0.29) is 0 Å². The summed E-state index contributed by atoms with van der Waals surface area (Å²) in [5.41, 5.74) is 3.04. The third-order valence-corrected chi connectivity index (χ3v) is 2.86. The molecule has 3 aromatic heterocycles. The van der Waals surface area contributed by atoms with Crippen molar-refractivity contribution in [2.75, 3.05) is 0 Å². The summed E-state index contributed by atoms with van der Waals surface area (Å²) in [6, 6.07) is 5.90. The van der Waals surface area contributed by atoms with E-state index >= 15 is 0 Å². The second-order valence-electron chi connectivity index (χ2n) is 3.00. The fourth-order valence-electron chi connectivity index (χ4n) is 1.52. The fraction of sp³-hybridized carbons (Fsp3) is 0. The van der Waals surface area contributed by atoms with Crippen LogP contribution in [-0.4, -0.2) is 4.98 Å². The van der Waals surface area contributed by atoms with E-state index in [1.54, 1.807) is 23.8 Å². The zero-order valence-electron chi connectivity index (χ0n) is 7.31. The highest BCUT2D eigenvalue weighted by molar-refractivity contribution is 7.08. The number of nitrogens with zero attached hydrogens (tertiary/aromatic N) is 1. The van der Waals surface area contributed by atoms with Crippen LogP contribution in [0.2, 0.25) is 0 Å². The standard InChI is InChI=1S/C11H7NOS/c1-4-12-11(8-3-6-14-7-8)9-2-5-13-10(1)9/h1-7H. The minimum absolute atomic E-state index is 0.890. The van der Waals surface area contributed by atoms with E-state index < -0.39 is 0 Å². The topological polar surface area (TPSA) is 26.0 Å². The van der Waals surface area contributed by atoms with Crippen molar-refractivity contribution in [3.05, 3.63) is 41.4 Å². The first-order chi connectivity index (χ1) is 6.95. The molecule has 0 bridgehead atoms. The minimum atomic E-state index is 0.890. The summed E-state index contributed by atoms with van der Waals surface area (Å²) >= 11 is 1.67. The van der Waals surface area contributed by atoms with Crippen molar-refractivity contribution in [1.29, 1.82) is 0 Å². The lowest BCUT2D eigenvalue weighted by Crippen LogP contribution is -1.80. The molecular weight excluding hydrogens is 194 g/mol. The first-order valence-electron chi connectivity index (χ1n) is 4.30. The number of hydrogen-bond acceptors (Lipinski definition) is 3. The smallest absolute Gasteiger partial charge is 0.137 e. The van der Waals surface area contributed by atoms with Crippen molar-refractivity contribution in [1.82, 2.24) is 4.98 Å².